The second kappa shape index (κ2) is 11.7. The summed E-state index contributed by atoms with van der Waals surface area (Å²) in [7, 11) is 3.80. The van der Waals surface area contributed by atoms with E-state index in [2.05, 4.69) is 32.5 Å². The summed E-state index contributed by atoms with van der Waals surface area (Å²) >= 11 is 0. The van der Waals surface area contributed by atoms with Crippen LogP contribution < -0.4 is 10.6 Å². The van der Waals surface area contributed by atoms with Crippen LogP contribution in [0.1, 0.15) is 17.5 Å². The Morgan fingerprint density at radius 3 is 2.63 bits per heavy atom. The molecule has 0 spiro atoms. The lowest BCUT2D eigenvalue weighted by Crippen LogP contribution is -2.42. The first-order valence-corrected chi connectivity index (χ1v) is 8.90. The number of guanidine groups is 1. The summed E-state index contributed by atoms with van der Waals surface area (Å²) in [6, 6.07) is 5.33. The topological polar surface area (TPSA) is 42.9 Å². The zero-order chi connectivity index (χ0) is 19.0. The van der Waals surface area contributed by atoms with Gasteiger partial charge in [-0.1, -0.05) is 12.1 Å². The molecule has 2 rings (SSSR count). The van der Waals surface area contributed by atoms with Gasteiger partial charge in [0.15, 0.2) is 5.96 Å². The first-order valence-electron chi connectivity index (χ1n) is 8.90. The van der Waals surface area contributed by atoms with Crippen LogP contribution in [0.2, 0.25) is 0 Å². The van der Waals surface area contributed by atoms with Crippen LogP contribution in [-0.2, 0) is 12.7 Å². The van der Waals surface area contributed by atoms with Gasteiger partial charge in [-0.3, -0.25) is 4.99 Å². The summed E-state index contributed by atoms with van der Waals surface area (Å²) in [4.78, 5) is 8.88. The van der Waals surface area contributed by atoms with E-state index >= 15 is 0 Å². The van der Waals surface area contributed by atoms with Gasteiger partial charge in [0.25, 0.3) is 0 Å². The molecule has 1 aliphatic rings. The number of rotatable bonds is 5. The SMILES string of the molecule is CN=C(NCCN1CCCN(C)CC1)NCc1cccc(C(F)(F)F)c1.I. The number of nitrogens with zero attached hydrogens (tertiary/aromatic N) is 3. The van der Waals surface area contributed by atoms with E-state index < -0.39 is 11.7 Å². The largest absolute Gasteiger partial charge is 0.416 e. The van der Waals surface area contributed by atoms with Gasteiger partial charge in [0, 0.05) is 39.8 Å². The minimum Gasteiger partial charge on any atom is -0.355 e. The van der Waals surface area contributed by atoms with Crippen LogP contribution in [0.4, 0.5) is 13.2 Å². The van der Waals surface area contributed by atoms with Gasteiger partial charge in [0.05, 0.1) is 5.56 Å². The first kappa shape index (κ1) is 24.0. The van der Waals surface area contributed by atoms with Crippen LogP contribution in [0.15, 0.2) is 29.3 Å². The summed E-state index contributed by atoms with van der Waals surface area (Å²) in [6.45, 7) is 6.28. The Morgan fingerprint density at radius 1 is 1.15 bits per heavy atom. The maximum absolute atomic E-state index is 12.8. The van der Waals surface area contributed by atoms with E-state index in [1.807, 2.05) is 0 Å². The average Bonchev–Trinajstić information content (AvgIpc) is 2.82. The predicted molar refractivity (Wildman–Crippen MR) is 114 cm³/mol. The number of aliphatic imine (C=N–C) groups is 1. The number of halogens is 4. The Kier molecular flexibility index (Phi) is 10.4. The van der Waals surface area contributed by atoms with Crippen LogP contribution >= 0.6 is 24.0 Å². The third kappa shape index (κ3) is 8.65. The van der Waals surface area contributed by atoms with Crippen molar-refractivity contribution in [2.45, 2.75) is 19.1 Å². The molecule has 0 aliphatic carbocycles. The van der Waals surface area contributed by atoms with Crippen molar-refractivity contribution in [2.24, 2.45) is 4.99 Å². The van der Waals surface area contributed by atoms with Crippen LogP contribution in [0, 0.1) is 0 Å². The fourth-order valence-corrected chi connectivity index (χ4v) is 2.92. The lowest BCUT2D eigenvalue weighted by Gasteiger charge is -2.21. The fourth-order valence-electron chi connectivity index (χ4n) is 2.92. The lowest BCUT2D eigenvalue weighted by atomic mass is 10.1. The Balaban J connectivity index is 0.00000364. The Morgan fingerprint density at radius 2 is 1.93 bits per heavy atom. The maximum Gasteiger partial charge on any atom is 0.416 e. The predicted octanol–water partition coefficient (Wildman–Crippen LogP) is 2.63. The molecule has 0 radical (unpaired) electrons. The molecule has 1 saturated heterocycles. The van der Waals surface area contributed by atoms with E-state index in [-0.39, 0.29) is 30.5 Å². The van der Waals surface area contributed by atoms with E-state index in [1.165, 1.54) is 12.5 Å². The van der Waals surface area contributed by atoms with Crippen molar-refractivity contribution in [3.05, 3.63) is 35.4 Å². The van der Waals surface area contributed by atoms with E-state index in [1.54, 1.807) is 13.1 Å². The number of likely N-dealkylation sites (N-methyl/N-ethyl adjacent to an activating group) is 1. The summed E-state index contributed by atoms with van der Waals surface area (Å²) in [5, 5.41) is 6.29. The molecule has 2 N–H and O–H groups in total. The summed E-state index contributed by atoms with van der Waals surface area (Å²) < 4.78 is 38.3. The number of hydrogen-bond donors (Lipinski definition) is 2. The molecule has 5 nitrogen and oxygen atoms in total. The Labute approximate surface area is 176 Å². The number of benzene rings is 1. The number of hydrogen-bond acceptors (Lipinski definition) is 3. The second-order valence-corrected chi connectivity index (χ2v) is 6.55. The lowest BCUT2D eigenvalue weighted by molar-refractivity contribution is -0.137. The minimum absolute atomic E-state index is 0. The van der Waals surface area contributed by atoms with Crippen LogP contribution in [0.3, 0.4) is 0 Å². The monoisotopic (exact) mass is 499 g/mol. The smallest absolute Gasteiger partial charge is 0.355 e. The van der Waals surface area contributed by atoms with E-state index in [4.69, 9.17) is 0 Å². The molecule has 154 valence electrons. The maximum atomic E-state index is 12.8. The van der Waals surface area contributed by atoms with E-state index in [0.717, 1.165) is 51.4 Å². The zero-order valence-corrected chi connectivity index (χ0v) is 18.2. The molecule has 27 heavy (non-hydrogen) atoms. The molecule has 0 aromatic heterocycles. The summed E-state index contributed by atoms with van der Waals surface area (Å²) in [6.07, 6.45) is -3.16. The minimum atomic E-state index is -4.32. The molecular weight excluding hydrogens is 470 g/mol. The van der Waals surface area contributed by atoms with Gasteiger partial charge in [-0.15, -0.1) is 24.0 Å². The molecule has 0 amide bonds. The van der Waals surface area contributed by atoms with Crippen molar-refractivity contribution in [3.8, 4) is 0 Å². The zero-order valence-electron chi connectivity index (χ0n) is 15.9. The third-order valence-electron chi connectivity index (χ3n) is 4.47. The van der Waals surface area contributed by atoms with Crippen molar-refractivity contribution in [1.82, 2.24) is 20.4 Å². The first-order chi connectivity index (χ1) is 12.4. The van der Waals surface area contributed by atoms with Crippen molar-refractivity contribution in [2.75, 3.05) is 53.4 Å². The van der Waals surface area contributed by atoms with Crippen LogP contribution in [0.5, 0.6) is 0 Å². The van der Waals surface area contributed by atoms with Crippen molar-refractivity contribution >= 4 is 29.9 Å². The van der Waals surface area contributed by atoms with Gasteiger partial charge in [0.1, 0.15) is 0 Å². The highest BCUT2D eigenvalue weighted by atomic mass is 127. The van der Waals surface area contributed by atoms with Gasteiger partial charge >= 0.3 is 6.18 Å². The Hall–Kier alpha value is -1.07. The normalized spacial score (nSPS) is 17.1. The van der Waals surface area contributed by atoms with Crippen molar-refractivity contribution in [1.29, 1.82) is 0 Å². The van der Waals surface area contributed by atoms with Gasteiger partial charge in [-0.05, 0) is 44.3 Å². The molecule has 1 heterocycles. The Bertz CT molecular complexity index is 595. The van der Waals surface area contributed by atoms with Gasteiger partial charge < -0.3 is 20.4 Å². The molecule has 0 saturated carbocycles. The highest BCUT2D eigenvalue weighted by Gasteiger charge is 2.30. The van der Waals surface area contributed by atoms with Crippen molar-refractivity contribution < 1.29 is 13.2 Å². The molecule has 0 bridgehead atoms. The summed E-state index contributed by atoms with van der Waals surface area (Å²) in [5.41, 5.74) is -0.0655. The molecular formula is C18H29F3IN5. The second-order valence-electron chi connectivity index (χ2n) is 6.55. The van der Waals surface area contributed by atoms with E-state index in [9.17, 15) is 13.2 Å². The van der Waals surface area contributed by atoms with Crippen molar-refractivity contribution in [3.63, 3.8) is 0 Å². The average molecular weight is 499 g/mol. The number of nitrogens with one attached hydrogen (secondary N) is 2. The quantitative estimate of drug-likeness (QED) is 0.372. The molecule has 0 unspecified atom stereocenters. The van der Waals surface area contributed by atoms with Crippen LogP contribution in [0.25, 0.3) is 0 Å². The molecule has 1 fully saturated rings. The molecule has 9 heteroatoms. The highest BCUT2D eigenvalue weighted by Crippen LogP contribution is 2.29. The third-order valence-corrected chi connectivity index (χ3v) is 4.47. The number of alkyl halides is 3. The molecule has 1 aliphatic heterocycles. The van der Waals surface area contributed by atoms with Crippen LogP contribution in [-0.4, -0.2) is 69.1 Å². The molecule has 1 aromatic rings. The van der Waals surface area contributed by atoms with Gasteiger partial charge in [-0.2, -0.15) is 13.2 Å². The molecule has 0 atom stereocenters. The highest BCUT2D eigenvalue weighted by molar-refractivity contribution is 14.0. The molecule has 1 aromatic carbocycles. The standard InChI is InChI=1S/C18H28F3N5.HI/c1-22-17(23-7-10-26-9-4-8-25(2)11-12-26)24-14-15-5-3-6-16(13-15)18(19,20)21;/h3,5-6,13H,4,7-12,14H2,1-2H3,(H2,22,23,24);1H. The van der Waals surface area contributed by atoms with Gasteiger partial charge in [0.2, 0.25) is 0 Å². The summed E-state index contributed by atoms with van der Waals surface area (Å²) in [5.74, 6) is 0.592. The van der Waals surface area contributed by atoms with E-state index in [0.29, 0.717) is 11.5 Å². The van der Waals surface area contributed by atoms with Gasteiger partial charge in [-0.25, -0.2) is 0 Å². The fraction of sp³-hybridized carbons (Fsp3) is 0.611.